The molecule has 0 unspecified atom stereocenters. The summed E-state index contributed by atoms with van der Waals surface area (Å²) in [5, 5.41) is 18.9. The average molecular weight is 188 g/mol. The highest BCUT2D eigenvalue weighted by Crippen LogP contribution is 2.22. The molecule has 0 spiro atoms. The molecule has 1 saturated heterocycles. The summed E-state index contributed by atoms with van der Waals surface area (Å²) < 4.78 is 0. The zero-order valence-corrected chi connectivity index (χ0v) is 7.68. The van der Waals surface area contributed by atoms with Crippen LogP contribution in [-0.2, 0) is 4.79 Å². The summed E-state index contributed by atoms with van der Waals surface area (Å²) in [5.41, 5.74) is -1.83. The lowest BCUT2D eigenvalue weighted by Gasteiger charge is -2.43. The molecule has 0 radical (unpaired) electrons. The van der Waals surface area contributed by atoms with Crippen molar-refractivity contribution in [3.63, 3.8) is 0 Å². The molecule has 13 heavy (non-hydrogen) atoms. The Morgan fingerprint density at radius 1 is 1.38 bits per heavy atom. The maximum atomic E-state index is 11.3. The summed E-state index contributed by atoms with van der Waals surface area (Å²) in [6.45, 7) is 1.21. The highest BCUT2D eigenvalue weighted by molar-refractivity contribution is 5.99. The van der Waals surface area contributed by atoms with E-state index >= 15 is 0 Å². The van der Waals surface area contributed by atoms with Gasteiger partial charge in [-0.05, 0) is 6.92 Å². The lowest BCUT2D eigenvalue weighted by Crippen LogP contribution is -2.68. The van der Waals surface area contributed by atoms with Gasteiger partial charge in [0.25, 0.3) is 5.91 Å². The fourth-order valence-electron chi connectivity index (χ4n) is 1.11. The van der Waals surface area contributed by atoms with E-state index in [4.69, 9.17) is 0 Å². The second-order valence-corrected chi connectivity index (χ2v) is 3.24. The summed E-state index contributed by atoms with van der Waals surface area (Å²) >= 11 is 0. The number of carbonyl (C=O) groups excluding carboxylic acids is 2. The number of aliphatic hydroxyl groups is 2. The highest BCUT2D eigenvalue weighted by atomic mass is 16.4. The van der Waals surface area contributed by atoms with Crippen molar-refractivity contribution < 1.29 is 19.8 Å². The van der Waals surface area contributed by atoms with E-state index in [9.17, 15) is 19.8 Å². The molecular formula is C7H12N2O4. The van der Waals surface area contributed by atoms with Gasteiger partial charge in [0.2, 0.25) is 0 Å². The zero-order chi connectivity index (χ0) is 10.4. The molecule has 0 aromatic carbocycles. The van der Waals surface area contributed by atoms with Crippen molar-refractivity contribution in [2.75, 3.05) is 14.1 Å². The number of nitrogens with zero attached hydrogens (tertiary/aromatic N) is 2. The van der Waals surface area contributed by atoms with Gasteiger partial charge in [0, 0.05) is 14.1 Å². The van der Waals surface area contributed by atoms with Crippen LogP contribution in [0.1, 0.15) is 6.92 Å². The minimum Gasteiger partial charge on any atom is -0.379 e. The standard InChI is InChI=1S/C7H12N2O4/c1-7(13)4(10)5(11)8(2)6(12)9(7)3/h4,10,13H,1-3H3/t4-,7-/m1/s1. The summed E-state index contributed by atoms with van der Waals surface area (Å²) in [6.07, 6.45) is -1.60. The second kappa shape index (κ2) is 2.68. The molecule has 1 fully saturated rings. The van der Waals surface area contributed by atoms with Crippen LogP contribution in [0, 0.1) is 0 Å². The lowest BCUT2D eigenvalue weighted by molar-refractivity contribution is -0.183. The number of imide groups is 1. The first-order valence-electron chi connectivity index (χ1n) is 3.76. The van der Waals surface area contributed by atoms with Crippen LogP contribution in [0.25, 0.3) is 0 Å². The first-order valence-corrected chi connectivity index (χ1v) is 3.76. The monoisotopic (exact) mass is 188 g/mol. The molecule has 2 N–H and O–H groups in total. The number of urea groups is 1. The van der Waals surface area contributed by atoms with Crippen LogP contribution in [0.15, 0.2) is 0 Å². The van der Waals surface area contributed by atoms with Gasteiger partial charge in [-0.25, -0.2) is 4.79 Å². The number of rotatable bonds is 0. The van der Waals surface area contributed by atoms with Crippen molar-refractivity contribution >= 4 is 11.9 Å². The smallest absolute Gasteiger partial charge is 0.328 e. The third kappa shape index (κ3) is 1.18. The second-order valence-electron chi connectivity index (χ2n) is 3.24. The van der Waals surface area contributed by atoms with Crippen LogP contribution in [-0.4, -0.2) is 57.9 Å². The zero-order valence-electron chi connectivity index (χ0n) is 7.68. The summed E-state index contributed by atoms with van der Waals surface area (Å²) in [5.74, 6) is -0.798. The predicted molar refractivity (Wildman–Crippen MR) is 42.6 cm³/mol. The third-order valence-corrected chi connectivity index (χ3v) is 2.34. The largest absolute Gasteiger partial charge is 0.379 e. The topological polar surface area (TPSA) is 81.1 Å². The third-order valence-electron chi connectivity index (χ3n) is 2.34. The first kappa shape index (κ1) is 9.94. The Hall–Kier alpha value is -1.14. The predicted octanol–water partition coefficient (Wildman–Crippen LogP) is -1.42. The van der Waals surface area contributed by atoms with Crippen molar-refractivity contribution in [1.29, 1.82) is 0 Å². The Balaban J connectivity index is 3.07. The average Bonchev–Trinajstić information content (AvgIpc) is 2.09. The molecule has 1 rings (SSSR count). The molecule has 6 heteroatoms. The highest BCUT2D eigenvalue weighted by Gasteiger charge is 2.49. The minimum absolute atomic E-state index is 0.639. The number of hydrogen-bond acceptors (Lipinski definition) is 4. The van der Waals surface area contributed by atoms with Crippen molar-refractivity contribution in [2.24, 2.45) is 0 Å². The number of amides is 3. The van der Waals surface area contributed by atoms with E-state index in [2.05, 4.69) is 0 Å². The van der Waals surface area contributed by atoms with Crippen LogP contribution in [0.4, 0.5) is 4.79 Å². The number of aliphatic hydroxyl groups excluding tert-OH is 1. The van der Waals surface area contributed by atoms with Crippen LogP contribution in [0.2, 0.25) is 0 Å². The van der Waals surface area contributed by atoms with Gasteiger partial charge in [0.1, 0.15) is 0 Å². The van der Waals surface area contributed by atoms with Crippen LogP contribution in [0.3, 0.4) is 0 Å². The summed E-state index contributed by atoms with van der Waals surface area (Å²) in [4.78, 5) is 24.1. The quantitative estimate of drug-likeness (QED) is 0.489. The maximum absolute atomic E-state index is 11.3. The Morgan fingerprint density at radius 3 is 2.31 bits per heavy atom. The molecule has 1 aliphatic heterocycles. The fourth-order valence-corrected chi connectivity index (χ4v) is 1.11. The number of likely N-dealkylation sites (N-methyl/N-ethyl adjacent to an activating group) is 2. The Morgan fingerprint density at radius 2 is 1.85 bits per heavy atom. The van der Waals surface area contributed by atoms with Gasteiger partial charge in [-0.3, -0.25) is 14.6 Å². The van der Waals surface area contributed by atoms with Crippen molar-refractivity contribution in [1.82, 2.24) is 9.80 Å². The van der Waals surface area contributed by atoms with Crippen LogP contribution < -0.4 is 0 Å². The van der Waals surface area contributed by atoms with E-state index in [0.717, 1.165) is 9.80 Å². The molecule has 0 saturated carbocycles. The number of hydrogen-bond donors (Lipinski definition) is 2. The maximum Gasteiger partial charge on any atom is 0.328 e. The Kier molecular flexibility index (Phi) is 2.05. The van der Waals surface area contributed by atoms with Gasteiger partial charge in [-0.1, -0.05) is 0 Å². The SMILES string of the molecule is CN1C(=O)[C@@H](O)[C@@](C)(O)N(C)C1=O. The van der Waals surface area contributed by atoms with Crippen molar-refractivity contribution in [3.05, 3.63) is 0 Å². The van der Waals surface area contributed by atoms with Gasteiger partial charge in [0.05, 0.1) is 0 Å². The van der Waals surface area contributed by atoms with E-state index in [1.165, 1.54) is 21.0 Å². The first-order chi connectivity index (χ1) is 5.80. The van der Waals surface area contributed by atoms with Gasteiger partial charge in [-0.2, -0.15) is 0 Å². The molecule has 0 bridgehead atoms. The molecule has 1 aliphatic rings. The molecule has 6 nitrogen and oxygen atoms in total. The summed E-state index contributed by atoms with van der Waals surface area (Å²) in [6, 6.07) is -0.639. The molecule has 1 heterocycles. The summed E-state index contributed by atoms with van der Waals surface area (Å²) in [7, 11) is 2.56. The Bertz CT molecular complexity index is 239. The van der Waals surface area contributed by atoms with E-state index in [0.29, 0.717) is 0 Å². The molecule has 0 aromatic heterocycles. The van der Waals surface area contributed by atoms with Crippen molar-refractivity contribution in [3.8, 4) is 0 Å². The van der Waals surface area contributed by atoms with Crippen LogP contribution in [0.5, 0.6) is 0 Å². The molecular weight excluding hydrogens is 176 g/mol. The van der Waals surface area contributed by atoms with E-state index in [1.54, 1.807) is 0 Å². The van der Waals surface area contributed by atoms with E-state index < -0.39 is 23.8 Å². The van der Waals surface area contributed by atoms with Crippen LogP contribution >= 0.6 is 0 Å². The minimum atomic E-state index is -1.83. The molecule has 74 valence electrons. The van der Waals surface area contributed by atoms with Crippen molar-refractivity contribution in [2.45, 2.75) is 18.8 Å². The molecule has 0 aromatic rings. The van der Waals surface area contributed by atoms with Gasteiger partial charge < -0.3 is 10.2 Å². The fraction of sp³-hybridized carbons (Fsp3) is 0.714. The Labute approximate surface area is 75.4 Å². The lowest BCUT2D eigenvalue weighted by atomic mass is 10.0. The normalized spacial score (nSPS) is 35.6. The molecule has 2 atom stereocenters. The van der Waals surface area contributed by atoms with Gasteiger partial charge in [0.15, 0.2) is 11.8 Å². The van der Waals surface area contributed by atoms with Gasteiger partial charge >= 0.3 is 6.03 Å². The van der Waals surface area contributed by atoms with E-state index in [-0.39, 0.29) is 0 Å². The molecule has 0 aliphatic carbocycles. The van der Waals surface area contributed by atoms with Gasteiger partial charge in [-0.15, -0.1) is 0 Å². The van der Waals surface area contributed by atoms with E-state index in [1.807, 2.05) is 0 Å². The molecule has 3 amide bonds. The number of carbonyl (C=O) groups is 2.